The zero-order valence-electron chi connectivity index (χ0n) is 11.6. The number of benzene rings is 2. The third kappa shape index (κ3) is 2.64. The number of aromatic nitrogens is 1. The molecule has 2 nitrogen and oxygen atoms in total. The number of fused-ring (bicyclic) bond motifs is 1. The molecule has 100 valence electrons. The minimum atomic E-state index is 0.793. The largest absolute Gasteiger partial charge is 0.381 e. The van der Waals surface area contributed by atoms with E-state index in [1.165, 1.54) is 16.5 Å². The van der Waals surface area contributed by atoms with Gasteiger partial charge in [0.1, 0.15) is 0 Å². The SMILES string of the molecule is CCc1cccc(NCc2cccc3cccnc23)c1. The van der Waals surface area contributed by atoms with Crippen molar-refractivity contribution in [1.82, 2.24) is 4.98 Å². The molecule has 1 aromatic heterocycles. The summed E-state index contributed by atoms with van der Waals surface area (Å²) in [4.78, 5) is 4.49. The zero-order valence-corrected chi connectivity index (χ0v) is 11.6. The molecule has 0 fully saturated rings. The number of hydrogen-bond acceptors (Lipinski definition) is 2. The molecule has 0 atom stereocenters. The second kappa shape index (κ2) is 5.74. The molecule has 3 aromatic rings. The molecule has 3 rings (SSSR count). The lowest BCUT2D eigenvalue weighted by atomic mass is 10.1. The Morgan fingerprint density at radius 1 is 1.00 bits per heavy atom. The topological polar surface area (TPSA) is 24.9 Å². The lowest BCUT2D eigenvalue weighted by molar-refractivity contribution is 1.12. The first-order chi connectivity index (χ1) is 9.86. The maximum absolute atomic E-state index is 4.49. The van der Waals surface area contributed by atoms with Gasteiger partial charge in [-0.15, -0.1) is 0 Å². The Morgan fingerprint density at radius 2 is 1.85 bits per heavy atom. The van der Waals surface area contributed by atoms with Crippen LogP contribution in [0.2, 0.25) is 0 Å². The highest BCUT2D eigenvalue weighted by Gasteiger charge is 2.01. The number of rotatable bonds is 4. The van der Waals surface area contributed by atoms with Crippen LogP contribution in [0.15, 0.2) is 60.8 Å². The van der Waals surface area contributed by atoms with Crippen LogP contribution < -0.4 is 5.32 Å². The molecular weight excluding hydrogens is 244 g/mol. The fraction of sp³-hybridized carbons (Fsp3) is 0.167. The molecule has 0 saturated heterocycles. The van der Waals surface area contributed by atoms with Crippen molar-refractivity contribution in [2.24, 2.45) is 0 Å². The Labute approximate surface area is 119 Å². The van der Waals surface area contributed by atoms with Gasteiger partial charge in [-0.3, -0.25) is 4.98 Å². The number of nitrogens with zero attached hydrogens (tertiary/aromatic N) is 1. The van der Waals surface area contributed by atoms with E-state index < -0.39 is 0 Å². The molecule has 0 saturated carbocycles. The summed E-state index contributed by atoms with van der Waals surface area (Å²) in [6.07, 6.45) is 2.91. The lowest BCUT2D eigenvalue weighted by Crippen LogP contribution is -2.01. The van der Waals surface area contributed by atoms with Crippen molar-refractivity contribution in [3.8, 4) is 0 Å². The molecule has 0 bridgehead atoms. The Morgan fingerprint density at radius 3 is 2.75 bits per heavy atom. The first-order valence-electron chi connectivity index (χ1n) is 7.02. The normalized spacial score (nSPS) is 10.7. The summed E-state index contributed by atoms with van der Waals surface area (Å²) in [6, 6.07) is 19.0. The quantitative estimate of drug-likeness (QED) is 0.753. The van der Waals surface area contributed by atoms with Crippen molar-refractivity contribution >= 4 is 16.6 Å². The van der Waals surface area contributed by atoms with Gasteiger partial charge in [-0.2, -0.15) is 0 Å². The third-order valence-corrected chi connectivity index (χ3v) is 3.53. The summed E-state index contributed by atoms with van der Waals surface area (Å²) in [5.41, 5.74) is 4.82. The standard InChI is InChI=1S/C18H18N2/c1-2-14-6-3-10-17(12-14)20-13-16-8-4-7-15-9-5-11-19-18(15)16/h3-12,20H,2,13H2,1H3. The molecule has 20 heavy (non-hydrogen) atoms. The molecule has 2 aromatic carbocycles. The molecular formula is C18H18N2. The third-order valence-electron chi connectivity index (χ3n) is 3.53. The molecule has 2 heteroatoms. The Hall–Kier alpha value is -2.35. The van der Waals surface area contributed by atoms with Crippen LogP contribution in [0.5, 0.6) is 0 Å². The van der Waals surface area contributed by atoms with Gasteiger partial charge in [0.05, 0.1) is 5.52 Å². The smallest absolute Gasteiger partial charge is 0.0751 e. The van der Waals surface area contributed by atoms with Gasteiger partial charge in [0.25, 0.3) is 0 Å². The molecule has 0 aliphatic heterocycles. The molecule has 1 heterocycles. The van der Waals surface area contributed by atoms with E-state index in [0.717, 1.165) is 24.2 Å². The maximum Gasteiger partial charge on any atom is 0.0751 e. The molecule has 0 amide bonds. The zero-order chi connectivity index (χ0) is 13.8. The van der Waals surface area contributed by atoms with Gasteiger partial charge < -0.3 is 5.32 Å². The highest BCUT2D eigenvalue weighted by atomic mass is 14.9. The number of aryl methyl sites for hydroxylation is 1. The highest BCUT2D eigenvalue weighted by Crippen LogP contribution is 2.18. The van der Waals surface area contributed by atoms with E-state index in [9.17, 15) is 0 Å². The van der Waals surface area contributed by atoms with E-state index in [2.05, 4.69) is 65.8 Å². The minimum absolute atomic E-state index is 0.793. The van der Waals surface area contributed by atoms with Crippen molar-refractivity contribution in [2.75, 3.05) is 5.32 Å². The molecule has 0 radical (unpaired) electrons. The van der Waals surface area contributed by atoms with Crippen molar-refractivity contribution in [3.05, 3.63) is 71.9 Å². The lowest BCUT2D eigenvalue weighted by Gasteiger charge is -2.09. The van der Waals surface area contributed by atoms with Gasteiger partial charge in [0.15, 0.2) is 0 Å². The van der Waals surface area contributed by atoms with Crippen molar-refractivity contribution in [3.63, 3.8) is 0 Å². The van der Waals surface area contributed by atoms with Gasteiger partial charge in [0.2, 0.25) is 0 Å². The van der Waals surface area contributed by atoms with Crippen molar-refractivity contribution in [2.45, 2.75) is 19.9 Å². The molecule has 1 N–H and O–H groups in total. The molecule has 0 aliphatic rings. The summed E-state index contributed by atoms with van der Waals surface area (Å²) < 4.78 is 0. The van der Waals surface area contributed by atoms with Crippen molar-refractivity contribution < 1.29 is 0 Å². The van der Waals surface area contributed by atoms with Crippen LogP contribution in [-0.4, -0.2) is 4.98 Å². The van der Waals surface area contributed by atoms with Crippen LogP contribution >= 0.6 is 0 Å². The number of hydrogen-bond donors (Lipinski definition) is 1. The monoisotopic (exact) mass is 262 g/mol. The van der Waals surface area contributed by atoms with Gasteiger partial charge in [-0.25, -0.2) is 0 Å². The van der Waals surface area contributed by atoms with Crippen LogP contribution in [0.1, 0.15) is 18.1 Å². The van der Waals surface area contributed by atoms with Crippen molar-refractivity contribution in [1.29, 1.82) is 0 Å². The minimum Gasteiger partial charge on any atom is -0.381 e. The Kier molecular flexibility index (Phi) is 3.64. The van der Waals surface area contributed by atoms with Crippen LogP contribution in [0, 0.1) is 0 Å². The summed E-state index contributed by atoms with van der Waals surface area (Å²) in [6.45, 7) is 2.97. The van der Waals surface area contributed by atoms with Crippen LogP contribution in [-0.2, 0) is 13.0 Å². The second-order valence-electron chi connectivity index (χ2n) is 4.90. The van der Waals surface area contributed by atoms with Gasteiger partial charge in [-0.1, -0.05) is 43.3 Å². The maximum atomic E-state index is 4.49. The fourth-order valence-electron chi connectivity index (χ4n) is 2.41. The first-order valence-corrected chi connectivity index (χ1v) is 7.02. The predicted molar refractivity (Wildman–Crippen MR) is 84.9 cm³/mol. The number of para-hydroxylation sites is 1. The average molecular weight is 262 g/mol. The summed E-state index contributed by atoms with van der Waals surface area (Å²) in [5, 5.41) is 4.68. The number of anilines is 1. The van der Waals surface area contributed by atoms with E-state index >= 15 is 0 Å². The summed E-state index contributed by atoms with van der Waals surface area (Å²) in [5.74, 6) is 0. The van der Waals surface area contributed by atoms with E-state index in [1.54, 1.807) is 0 Å². The summed E-state index contributed by atoms with van der Waals surface area (Å²) in [7, 11) is 0. The molecule has 0 spiro atoms. The van der Waals surface area contributed by atoms with Gasteiger partial charge in [-0.05, 0) is 35.7 Å². The number of pyridine rings is 1. The van der Waals surface area contributed by atoms with E-state index in [-0.39, 0.29) is 0 Å². The number of nitrogens with one attached hydrogen (secondary N) is 1. The van der Waals surface area contributed by atoms with E-state index in [0.29, 0.717) is 0 Å². The van der Waals surface area contributed by atoms with E-state index in [4.69, 9.17) is 0 Å². The van der Waals surface area contributed by atoms with Crippen LogP contribution in [0.25, 0.3) is 10.9 Å². The van der Waals surface area contributed by atoms with E-state index in [1.807, 2.05) is 12.3 Å². The predicted octanol–water partition coefficient (Wildman–Crippen LogP) is 4.41. The fourth-order valence-corrected chi connectivity index (χ4v) is 2.41. The average Bonchev–Trinajstić information content (AvgIpc) is 2.53. The van der Waals surface area contributed by atoms with Crippen LogP contribution in [0.3, 0.4) is 0 Å². The molecule has 0 aliphatic carbocycles. The van der Waals surface area contributed by atoms with Gasteiger partial charge >= 0.3 is 0 Å². The second-order valence-corrected chi connectivity index (χ2v) is 4.90. The van der Waals surface area contributed by atoms with Crippen LogP contribution in [0.4, 0.5) is 5.69 Å². The van der Waals surface area contributed by atoms with Gasteiger partial charge in [0, 0.05) is 23.8 Å². The highest BCUT2D eigenvalue weighted by molar-refractivity contribution is 5.81. The summed E-state index contributed by atoms with van der Waals surface area (Å²) >= 11 is 0. The first kappa shape index (κ1) is 12.7. The Balaban J connectivity index is 1.83. The molecule has 0 unspecified atom stereocenters. The Bertz CT molecular complexity index is 714.